The molecular formula is C16H15F13O8S. The minimum atomic E-state index is -7.93. The molecule has 1 unspecified atom stereocenters. The second-order valence-corrected chi connectivity index (χ2v) is 8.61. The molecule has 0 spiro atoms. The number of hydrogen-bond acceptors (Lipinski definition) is 7. The lowest BCUT2D eigenvalue weighted by Gasteiger charge is -2.40. The van der Waals surface area contributed by atoms with Crippen molar-refractivity contribution in [2.24, 2.45) is 0 Å². The van der Waals surface area contributed by atoms with Gasteiger partial charge in [0.05, 0.1) is 19.6 Å². The molecule has 0 amide bonds. The Hall–Kier alpha value is -2.36. The first-order chi connectivity index (χ1) is 16.6. The van der Waals surface area contributed by atoms with Gasteiger partial charge in [-0.25, -0.2) is 14.0 Å². The molecule has 0 aliphatic rings. The third kappa shape index (κ3) is 7.39. The number of carbonyl (C=O) groups excluding carboxylic acids is 2. The van der Waals surface area contributed by atoms with Crippen molar-refractivity contribution in [3.8, 4) is 0 Å². The molecule has 1 N–H and O–H groups in total. The highest BCUT2D eigenvalue weighted by atomic mass is 32.2. The zero-order chi connectivity index (χ0) is 30.8. The zero-order valence-electron chi connectivity index (χ0n) is 18.2. The van der Waals surface area contributed by atoms with Gasteiger partial charge in [0.1, 0.15) is 12.7 Å². The Kier molecular flexibility index (Phi) is 10.7. The fourth-order valence-corrected chi connectivity index (χ4v) is 2.43. The fourth-order valence-electron chi connectivity index (χ4n) is 2.17. The van der Waals surface area contributed by atoms with Crippen molar-refractivity contribution in [1.29, 1.82) is 0 Å². The van der Waals surface area contributed by atoms with E-state index >= 15 is 0 Å². The lowest BCUT2D eigenvalue weighted by Crippen LogP contribution is -2.70. The lowest BCUT2D eigenvalue weighted by molar-refractivity contribution is -0.428. The van der Waals surface area contributed by atoms with Crippen molar-refractivity contribution in [2.75, 3.05) is 19.8 Å². The predicted octanol–water partition coefficient (Wildman–Crippen LogP) is 4.01. The Morgan fingerprint density at radius 2 is 1.32 bits per heavy atom. The van der Waals surface area contributed by atoms with Crippen LogP contribution in [-0.2, 0) is 33.9 Å². The highest BCUT2D eigenvalue weighted by molar-refractivity contribution is 7.87. The molecule has 0 saturated heterocycles. The average molecular weight is 614 g/mol. The summed E-state index contributed by atoms with van der Waals surface area (Å²) >= 11 is 0. The van der Waals surface area contributed by atoms with Crippen LogP contribution in [-0.4, -0.2) is 86.0 Å². The van der Waals surface area contributed by atoms with Crippen LogP contribution < -0.4 is 0 Å². The van der Waals surface area contributed by atoms with Gasteiger partial charge in [-0.05, 0) is 6.92 Å². The molecule has 38 heavy (non-hydrogen) atoms. The van der Waals surface area contributed by atoms with Crippen LogP contribution in [0.15, 0.2) is 12.2 Å². The molecule has 0 bridgehead atoms. The first-order valence-corrected chi connectivity index (χ1v) is 10.6. The number of alkyl halides is 13. The van der Waals surface area contributed by atoms with Gasteiger partial charge in [-0.3, -0.25) is 4.55 Å². The van der Waals surface area contributed by atoms with Crippen molar-refractivity contribution in [3.63, 3.8) is 0 Å². The van der Waals surface area contributed by atoms with E-state index < -0.39 is 89.5 Å². The normalized spacial score (nSPS) is 15.1. The van der Waals surface area contributed by atoms with E-state index in [0.29, 0.717) is 0 Å². The van der Waals surface area contributed by atoms with Crippen LogP contribution in [0.25, 0.3) is 0 Å². The van der Waals surface area contributed by atoms with E-state index in [0.717, 1.165) is 6.92 Å². The Morgan fingerprint density at radius 3 is 1.68 bits per heavy atom. The van der Waals surface area contributed by atoms with E-state index in [4.69, 9.17) is 4.55 Å². The van der Waals surface area contributed by atoms with Gasteiger partial charge >= 0.3 is 57.2 Å². The molecule has 224 valence electrons. The second kappa shape index (κ2) is 11.4. The average Bonchev–Trinajstić information content (AvgIpc) is 2.69. The Labute approximate surface area is 203 Å². The number of carbonyl (C=O) groups is 2. The minimum Gasteiger partial charge on any atom is -0.460 e. The highest BCUT2D eigenvalue weighted by Crippen LogP contribution is 2.60. The molecule has 0 aromatic rings. The maximum atomic E-state index is 14.1. The molecule has 0 fully saturated rings. The van der Waals surface area contributed by atoms with Crippen LogP contribution in [0.5, 0.6) is 0 Å². The van der Waals surface area contributed by atoms with Gasteiger partial charge in [-0.1, -0.05) is 6.58 Å². The molecule has 0 radical (unpaired) electrons. The van der Waals surface area contributed by atoms with Crippen molar-refractivity contribution in [2.45, 2.75) is 54.6 Å². The minimum absolute atomic E-state index is 0.213. The summed E-state index contributed by atoms with van der Waals surface area (Å²) < 4.78 is 214. The van der Waals surface area contributed by atoms with Gasteiger partial charge in [-0.15, -0.1) is 0 Å². The van der Waals surface area contributed by atoms with Crippen LogP contribution in [0.1, 0.15) is 13.3 Å². The van der Waals surface area contributed by atoms with Crippen molar-refractivity contribution >= 4 is 22.1 Å². The van der Waals surface area contributed by atoms with E-state index in [1.54, 1.807) is 0 Å². The first-order valence-electron chi connectivity index (χ1n) is 9.12. The fraction of sp³-hybridized carbons (Fsp3) is 0.750. The number of ether oxygens (including phenoxy) is 3. The summed E-state index contributed by atoms with van der Waals surface area (Å²) in [5.41, 5.74) is -8.14. The maximum Gasteiger partial charge on any atom is 0.465 e. The van der Waals surface area contributed by atoms with Gasteiger partial charge in [0.2, 0.25) is 0 Å². The predicted molar refractivity (Wildman–Crippen MR) is 93.4 cm³/mol. The van der Waals surface area contributed by atoms with E-state index in [1.165, 1.54) is 0 Å². The molecule has 0 heterocycles. The van der Waals surface area contributed by atoms with Crippen molar-refractivity contribution in [1.82, 2.24) is 0 Å². The zero-order valence-corrected chi connectivity index (χ0v) is 19.1. The molecule has 8 nitrogen and oxygen atoms in total. The Bertz CT molecular complexity index is 974. The topological polar surface area (TPSA) is 116 Å². The number of halogens is 13. The summed E-state index contributed by atoms with van der Waals surface area (Å²) in [6, 6.07) is 0. The molecule has 0 aromatic heterocycles. The third-order valence-electron chi connectivity index (χ3n) is 4.11. The smallest absolute Gasteiger partial charge is 0.460 e. The molecule has 0 saturated carbocycles. The van der Waals surface area contributed by atoms with Gasteiger partial charge in [0.25, 0.3) is 0 Å². The summed E-state index contributed by atoms with van der Waals surface area (Å²) in [5.74, 6) is -19.2. The first kappa shape index (κ1) is 35.6. The standard InChI is InChI=1S/C16H15F13O8S/c1-7(2)9(30)36-4-3-35-6-8(37-10(31)12(19,20)38(32,33)34)5-11(17,18)14(22,23)13(21,15(24,25)26)16(27,28)29/h8H,1,3-6H2,2H3,(H,32,33,34). The summed E-state index contributed by atoms with van der Waals surface area (Å²) in [7, 11) is -6.74. The molecule has 0 rings (SSSR count). The van der Waals surface area contributed by atoms with Gasteiger partial charge < -0.3 is 14.2 Å². The largest absolute Gasteiger partial charge is 0.465 e. The van der Waals surface area contributed by atoms with Crippen LogP contribution in [0.4, 0.5) is 57.1 Å². The molecular weight excluding hydrogens is 599 g/mol. The monoisotopic (exact) mass is 614 g/mol. The summed E-state index contributed by atoms with van der Waals surface area (Å²) in [5, 5.41) is -6.01. The number of esters is 2. The van der Waals surface area contributed by atoms with Gasteiger partial charge in [-0.2, -0.15) is 61.1 Å². The lowest BCUT2D eigenvalue weighted by atomic mass is 9.88. The van der Waals surface area contributed by atoms with E-state index in [1.807, 2.05) is 0 Å². The molecule has 1 atom stereocenters. The molecule has 0 aromatic carbocycles. The highest BCUT2D eigenvalue weighted by Gasteiger charge is 2.90. The van der Waals surface area contributed by atoms with E-state index in [2.05, 4.69) is 20.8 Å². The molecule has 22 heteroatoms. The van der Waals surface area contributed by atoms with Crippen LogP contribution in [0.3, 0.4) is 0 Å². The summed E-state index contributed by atoms with van der Waals surface area (Å²) in [6.45, 7) is 0.521. The molecule has 0 aliphatic heterocycles. The van der Waals surface area contributed by atoms with Crippen molar-refractivity contribution < 1.29 is 93.8 Å². The number of hydrogen-bond donors (Lipinski definition) is 1. The van der Waals surface area contributed by atoms with Crippen molar-refractivity contribution in [3.05, 3.63) is 12.2 Å². The van der Waals surface area contributed by atoms with Gasteiger partial charge in [0, 0.05) is 5.57 Å². The number of rotatable bonds is 13. The van der Waals surface area contributed by atoms with Crippen LogP contribution >= 0.6 is 0 Å². The van der Waals surface area contributed by atoms with Crippen LogP contribution in [0, 0.1) is 0 Å². The summed E-state index contributed by atoms with van der Waals surface area (Å²) in [4.78, 5) is 22.4. The van der Waals surface area contributed by atoms with E-state index in [9.17, 15) is 75.1 Å². The van der Waals surface area contributed by atoms with E-state index in [-0.39, 0.29) is 5.57 Å². The van der Waals surface area contributed by atoms with Gasteiger partial charge in [0.15, 0.2) is 0 Å². The SMILES string of the molecule is C=C(C)C(=O)OCCOCC(CC(F)(F)C(F)(F)C(F)(C(F)(F)F)C(F)(F)F)OC(=O)C(F)(F)S(=O)(=O)O. The Balaban J connectivity index is 6.19. The quantitative estimate of drug-likeness (QED) is 0.109. The molecule has 0 aliphatic carbocycles. The third-order valence-corrected chi connectivity index (χ3v) is 4.92. The van der Waals surface area contributed by atoms with Crippen LogP contribution in [0.2, 0.25) is 0 Å². The maximum absolute atomic E-state index is 14.1. The Morgan fingerprint density at radius 1 is 0.868 bits per heavy atom. The second-order valence-electron chi connectivity index (χ2n) is 7.15. The summed E-state index contributed by atoms with van der Waals surface area (Å²) in [6.07, 6.45) is -22.2.